The summed E-state index contributed by atoms with van der Waals surface area (Å²) in [4.78, 5) is 60.8. The molecule has 0 fully saturated rings. The zero-order valence-corrected chi connectivity index (χ0v) is 25.8. The van der Waals surface area contributed by atoms with Crippen molar-refractivity contribution < 1.29 is 19.2 Å². The molecule has 0 saturated heterocycles. The number of carbonyl (C=O) groups excluding carboxylic acids is 4. The molecular weight excluding hydrogens is 592 g/mol. The third kappa shape index (κ3) is 12.3. The van der Waals surface area contributed by atoms with Gasteiger partial charge in [0.2, 0.25) is 17.7 Å². The summed E-state index contributed by atoms with van der Waals surface area (Å²) in [5, 5.41) is 11.1. The molecule has 4 amide bonds. The second-order valence-electron chi connectivity index (χ2n) is 10.2. The molecular formula is C32H40N8O4S. The van der Waals surface area contributed by atoms with E-state index in [1.54, 1.807) is 12.1 Å². The SMILES string of the molecule is NC(N)=NCCC[C@@H](NC(=O)[C@H](CS)NC(=O)c1cccnc1)C(=O)N[C@@H](Cc1ccccc1)C(=O)NCCc1ccccc1. The quantitative estimate of drug-likeness (QED) is 0.0493. The third-order valence-corrected chi connectivity index (χ3v) is 7.14. The average molecular weight is 633 g/mol. The molecule has 3 rings (SSSR count). The van der Waals surface area contributed by atoms with Gasteiger partial charge in [-0.25, -0.2) is 0 Å². The van der Waals surface area contributed by atoms with E-state index in [4.69, 9.17) is 11.5 Å². The first-order chi connectivity index (χ1) is 21.8. The van der Waals surface area contributed by atoms with Gasteiger partial charge in [0.25, 0.3) is 5.91 Å². The fourth-order valence-corrected chi connectivity index (χ4v) is 4.66. The van der Waals surface area contributed by atoms with Crippen LogP contribution in [-0.4, -0.2) is 71.5 Å². The van der Waals surface area contributed by atoms with Crippen molar-refractivity contribution in [2.75, 3.05) is 18.8 Å². The van der Waals surface area contributed by atoms with Gasteiger partial charge in [-0.3, -0.25) is 29.2 Å². The van der Waals surface area contributed by atoms with Crippen LogP contribution in [0.25, 0.3) is 0 Å². The number of aromatic nitrogens is 1. The van der Waals surface area contributed by atoms with Gasteiger partial charge in [0.05, 0.1) is 5.56 Å². The highest BCUT2D eigenvalue weighted by Gasteiger charge is 2.29. The fourth-order valence-electron chi connectivity index (χ4n) is 4.41. The van der Waals surface area contributed by atoms with Gasteiger partial charge in [0.15, 0.2) is 5.96 Å². The predicted molar refractivity (Wildman–Crippen MR) is 176 cm³/mol. The van der Waals surface area contributed by atoms with Gasteiger partial charge >= 0.3 is 0 Å². The normalized spacial score (nSPS) is 12.6. The van der Waals surface area contributed by atoms with E-state index in [0.717, 1.165) is 11.1 Å². The van der Waals surface area contributed by atoms with Crippen molar-refractivity contribution in [3.05, 3.63) is 102 Å². The molecule has 13 heteroatoms. The molecule has 45 heavy (non-hydrogen) atoms. The number of rotatable bonds is 17. The van der Waals surface area contributed by atoms with Crippen LogP contribution in [-0.2, 0) is 27.2 Å². The summed E-state index contributed by atoms with van der Waals surface area (Å²) >= 11 is 4.23. The fraction of sp³-hybridized carbons (Fsp3) is 0.312. The second kappa shape index (κ2) is 18.7. The van der Waals surface area contributed by atoms with E-state index in [-0.39, 0.29) is 42.6 Å². The highest BCUT2D eigenvalue weighted by molar-refractivity contribution is 7.80. The van der Waals surface area contributed by atoms with Gasteiger partial charge in [0, 0.05) is 37.7 Å². The minimum Gasteiger partial charge on any atom is -0.370 e. The molecule has 3 aromatic rings. The molecule has 1 aromatic heterocycles. The van der Waals surface area contributed by atoms with Crippen molar-refractivity contribution in [2.24, 2.45) is 16.5 Å². The number of amides is 4. The first kappa shape index (κ1) is 34.6. The van der Waals surface area contributed by atoms with E-state index in [1.807, 2.05) is 60.7 Å². The van der Waals surface area contributed by atoms with Crippen LogP contribution in [0.1, 0.15) is 34.3 Å². The first-order valence-electron chi connectivity index (χ1n) is 14.6. The van der Waals surface area contributed by atoms with Crippen molar-refractivity contribution in [1.82, 2.24) is 26.3 Å². The molecule has 8 N–H and O–H groups in total. The maximum atomic E-state index is 13.7. The van der Waals surface area contributed by atoms with Crippen LogP contribution in [0.2, 0.25) is 0 Å². The number of nitrogens with two attached hydrogens (primary N) is 2. The smallest absolute Gasteiger partial charge is 0.253 e. The zero-order valence-electron chi connectivity index (χ0n) is 24.9. The minimum atomic E-state index is -1.06. The number of carbonyl (C=O) groups is 4. The van der Waals surface area contributed by atoms with E-state index in [0.29, 0.717) is 19.4 Å². The Morgan fingerprint density at radius 3 is 2.04 bits per heavy atom. The summed E-state index contributed by atoms with van der Waals surface area (Å²) in [5.41, 5.74) is 13.1. The molecule has 2 aromatic carbocycles. The van der Waals surface area contributed by atoms with Gasteiger partial charge in [-0.2, -0.15) is 12.6 Å². The molecule has 0 spiro atoms. The van der Waals surface area contributed by atoms with Crippen LogP contribution < -0.4 is 32.7 Å². The molecule has 0 aliphatic carbocycles. The number of nitrogens with zero attached hydrogens (tertiary/aromatic N) is 2. The molecule has 0 aliphatic rings. The molecule has 3 atom stereocenters. The molecule has 0 unspecified atom stereocenters. The number of benzene rings is 2. The van der Waals surface area contributed by atoms with Crippen LogP contribution in [0.5, 0.6) is 0 Å². The standard InChI is InChI=1S/C32H40N8O4S/c33-32(34)37-17-8-14-25(38-31(44)27(21-45)40-28(41)24-13-7-16-35-20-24)30(43)39-26(19-23-11-5-2-6-12-23)29(42)36-18-15-22-9-3-1-4-10-22/h1-7,9-13,16,20,25-27,45H,8,14-15,17-19,21H2,(H,36,42)(H,38,44)(H,39,43)(H,40,41)(H4,33,34,37)/t25-,26+,27+/m1/s1. The largest absolute Gasteiger partial charge is 0.370 e. The Labute approximate surface area is 268 Å². The zero-order chi connectivity index (χ0) is 32.4. The monoisotopic (exact) mass is 632 g/mol. The van der Waals surface area contributed by atoms with Crippen molar-refractivity contribution in [2.45, 2.75) is 43.8 Å². The topological polar surface area (TPSA) is 194 Å². The van der Waals surface area contributed by atoms with Gasteiger partial charge in [-0.05, 0) is 42.5 Å². The number of guanidine groups is 1. The summed E-state index contributed by atoms with van der Waals surface area (Å²) in [6.45, 7) is 0.603. The Morgan fingerprint density at radius 2 is 1.42 bits per heavy atom. The summed E-state index contributed by atoms with van der Waals surface area (Å²) in [6, 6.07) is 19.2. The summed E-state index contributed by atoms with van der Waals surface area (Å²) < 4.78 is 0. The third-order valence-electron chi connectivity index (χ3n) is 6.78. The number of thiol groups is 1. The molecule has 0 bridgehead atoms. The first-order valence-corrected chi connectivity index (χ1v) is 15.2. The predicted octanol–water partition coefficient (Wildman–Crippen LogP) is 0.735. The lowest BCUT2D eigenvalue weighted by Gasteiger charge is -2.25. The summed E-state index contributed by atoms with van der Waals surface area (Å²) in [7, 11) is 0. The maximum absolute atomic E-state index is 13.7. The molecule has 0 aliphatic heterocycles. The Hall–Kier alpha value is -4.91. The highest BCUT2D eigenvalue weighted by atomic mass is 32.1. The van der Waals surface area contributed by atoms with Gasteiger partial charge < -0.3 is 32.7 Å². The summed E-state index contributed by atoms with van der Waals surface area (Å²) in [6.07, 6.45) is 4.28. The number of hydrogen-bond acceptors (Lipinski definition) is 7. The van der Waals surface area contributed by atoms with Crippen molar-refractivity contribution >= 4 is 42.2 Å². The van der Waals surface area contributed by atoms with Crippen LogP contribution in [0, 0.1) is 0 Å². The average Bonchev–Trinajstić information content (AvgIpc) is 3.05. The van der Waals surface area contributed by atoms with Crippen LogP contribution in [0.3, 0.4) is 0 Å². The Morgan fingerprint density at radius 1 is 0.778 bits per heavy atom. The number of hydrogen-bond donors (Lipinski definition) is 7. The van der Waals surface area contributed by atoms with Gasteiger partial charge in [0.1, 0.15) is 18.1 Å². The number of pyridine rings is 1. The maximum Gasteiger partial charge on any atom is 0.253 e. The lowest BCUT2D eigenvalue weighted by molar-refractivity contribution is -0.132. The lowest BCUT2D eigenvalue weighted by atomic mass is 10.0. The summed E-state index contributed by atoms with van der Waals surface area (Å²) in [5.74, 6) is -2.17. The van der Waals surface area contributed by atoms with Crippen molar-refractivity contribution in [1.29, 1.82) is 0 Å². The second-order valence-corrected chi connectivity index (χ2v) is 10.6. The van der Waals surface area contributed by atoms with E-state index >= 15 is 0 Å². The molecule has 12 nitrogen and oxygen atoms in total. The molecule has 0 radical (unpaired) electrons. The van der Waals surface area contributed by atoms with E-state index in [2.05, 4.69) is 43.9 Å². The Bertz CT molecular complexity index is 1410. The van der Waals surface area contributed by atoms with Crippen LogP contribution in [0.4, 0.5) is 0 Å². The van der Waals surface area contributed by atoms with Gasteiger partial charge in [-0.1, -0.05) is 60.7 Å². The van der Waals surface area contributed by atoms with Crippen LogP contribution in [0.15, 0.2) is 90.2 Å². The minimum absolute atomic E-state index is 0.0272. The Balaban J connectivity index is 1.73. The molecule has 1 heterocycles. The van der Waals surface area contributed by atoms with Gasteiger partial charge in [-0.15, -0.1) is 0 Å². The molecule has 238 valence electrons. The van der Waals surface area contributed by atoms with Crippen LogP contribution >= 0.6 is 12.6 Å². The number of aliphatic imine (C=N–C) groups is 1. The van der Waals surface area contributed by atoms with E-state index in [1.165, 1.54) is 12.4 Å². The highest BCUT2D eigenvalue weighted by Crippen LogP contribution is 2.07. The van der Waals surface area contributed by atoms with E-state index in [9.17, 15) is 19.2 Å². The van der Waals surface area contributed by atoms with Crippen molar-refractivity contribution in [3.63, 3.8) is 0 Å². The van der Waals surface area contributed by atoms with E-state index < -0.39 is 35.8 Å². The lowest BCUT2D eigenvalue weighted by Crippen LogP contribution is -2.57. The van der Waals surface area contributed by atoms with Crippen molar-refractivity contribution in [3.8, 4) is 0 Å². The number of nitrogens with one attached hydrogen (secondary N) is 4. The molecule has 0 saturated carbocycles. The Kier molecular flexibility index (Phi) is 14.4.